The second-order valence-electron chi connectivity index (χ2n) is 4.01. The zero-order valence-electron chi connectivity index (χ0n) is 10.1. The summed E-state index contributed by atoms with van der Waals surface area (Å²) in [6.45, 7) is 3.94. The molecule has 0 spiro atoms. The summed E-state index contributed by atoms with van der Waals surface area (Å²) >= 11 is 3.51. The molecule has 0 bridgehead atoms. The summed E-state index contributed by atoms with van der Waals surface area (Å²) in [7, 11) is 1.87. The molecular weight excluding hydrogens is 280 g/mol. The van der Waals surface area contributed by atoms with Crippen molar-refractivity contribution in [3.63, 3.8) is 0 Å². The van der Waals surface area contributed by atoms with Crippen molar-refractivity contribution in [2.24, 2.45) is 7.05 Å². The van der Waals surface area contributed by atoms with Crippen molar-refractivity contribution in [3.05, 3.63) is 33.9 Å². The summed E-state index contributed by atoms with van der Waals surface area (Å²) < 4.78 is 2.82. The van der Waals surface area contributed by atoms with E-state index in [9.17, 15) is 0 Å². The van der Waals surface area contributed by atoms with Gasteiger partial charge in [-0.25, -0.2) is 0 Å². The lowest BCUT2D eigenvalue weighted by Gasteiger charge is -2.11. The van der Waals surface area contributed by atoms with E-state index in [0.717, 1.165) is 27.2 Å². The Morgan fingerprint density at radius 3 is 2.65 bits per heavy atom. The van der Waals surface area contributed by atoms with Crippen LogP contribution in [0.1, 0.15) is 11.3 Å². The molecule has 1 heterocycles. The van der Waals surface area contributed by atoms with Gasteiger partial charge in [-0.1, -0.05) is 22.0 Å². The van der Waals surface area contributed by atoms with E-state index in [-0.39, 0.29) is 0 Å². The molecule has 0 radical (unpaired) electrons. The number of halogens is 1. The van der Waals surface area contributed by atoms with Gasteiger partial charge in [0.05, 0.1) is 11.4 Å². The van der Waals surface area contributed by atoms with E-state index in [1.807, 2.05) is 39.1 Å². The van der Waals surface area contributed by atoms with Gasteiger partial charge in [-0.3, -0.25) is 4.68 Å². The van der Waals surface area contributed by atoms with Crippen LogP contribution in [0.25, 0.3) is 0 Å². The van der Waals surface area contributed by atoms with Crippen LogP contribution in [-0.2, 0) is 7.05 Å². The van der Waals surface area contributed by atoms with E-state index in [4.69, 9.17) is 5.73 Å². The lowest BCUT2D eigenvalue weighted by Crippen LogP contribution is -2.02. The average molecular weight is 295 g/mol. The number of hydrogen-bond donors (Lipinski definition) is 2. The molecule has 17 heavy (non-hydrogen) atoms. The summed E-state index contributed by atoms with van der Waals surface area (Å²) in [5.74, 6) is 0.823. The first kappa shape index (κ1) is 12.0. The van der Waals surface area contributed by atoms with Gasteiger partial charge in [-0.05, 0) is 31.5 Å². The van der Waals surface area contributed by atoms with Crippen molar-refractivity contribution >= 4 is 33.1 Å². The molecule has 0 amide bonds. The largest absolute Gasteiger partial charge is 0.394 e. The van der Waals surface area contributed by atoms with Crippen molar-refractivity contribution in [2.45, 2.75) is 13.8 Å². The van der Waals surface area contributed by atoms with Gasteiger partial charge in [0.2, 0.25) is 0 Å². The average Bonchev–Trinajstić information content (AvgIpc) is 2.51. The normalized spacial score (nSPS) is 10.6. The first-order valence-electron chi connectivity index (χ1n) is 5.32. The Labute approximate surface area is 109 Å². The Morgan fingerprint density at radius 2 is 2.06 bits per heavy atom. The molecule has 2 rings (SSSR count). The van der Waals surface area contributed by atoms with Crippen molar-refractivity contribution in [1.82, 2.24) is 9.78 Å². The second kappa shape index (κ2) is 4.41. The van der Waals surface area contributed by atoms with Gasteiger partial charge in [-0.2, -0.15) is 5.10 Å². The number of benzene rings is 1. The number of nitrogen functional groups attached to an aromatic ring is 1. The van der Waals surface area contributed by atoms with Crippen LogP contribution in [-0.4, -0.2) is 9.78 Å². The lowest BCUT2D eigenvalue weighted by atomic mass is 10.2. The monoisotopic (exact) mass is 294 g/mol. The number of nitrogens with one attached hydrogen (secondary N) is 1. The zero-order valence-corrected chi connectivity index (χ0v) is 11.7. The summed E-state index contributed by atoms with van der Waals surface area (Å²) in [5.41, 5.74) is 9.67. The molecule has 2 aromatic rings. The highest BCUT2D eigenvalue weighted by Gasteiger charge is 2.11. The van der Waals surface area contributed by atoms with E-state index in [0.29, 0.717) is 5.69 Å². The molecule has 0 saturated heterocycles. The Hall–Kier alpha value is -1.49. The lowest BCUT2D eigenvalue weighted by molar-refractivity contribution is 0.765. The molecule has 0 aliphatic carbocycles. The number of aryl methyl sites for hydroxylation is 2. The topological polar surface area (TPSA) is 55.9 Å². The number of aromatic nitrogens is 2. The molecule has 0 fully saturated rings. The zero-order chi connectivity index (χ0) is 12.6. The SMILES string of the molecule is Cc1nn(C)c(Nc2cccc(Br)c2C)c1N. The fourth-order valence-electron chi connectivity index (χ4n) is 1.69. The molecule has 1 aromatic heterocycles. The fraction of sp³-hybridized carbons (Fsp3) is 0.250. The van der Waals surface area contributed by atoms with Gasteiger partial charge < -0.3 is 11.1 Å². The van der Waals surface area contributed by atoms with E-state index in [1.54, 1.807) is 4.68 Å². The van der Waals surface area contributed by atoms with Crippen LogP contribution in [0.15, 0.2) is 22.7 Å². The van der Waals surface area contributed by atoms with Crippen LogP contribution in [0.5, 0.6) is 0 Å². The molecule has 0 saturated carbocycles. The maximum atomic E-state index is 5.98. The molecule has 5 heteroatoms. The van der Waals surface area contributed by atoms with Crippen LogP contribution in [0, 0.1) is 13.8 Å². The van der Waals surface area contributed by atoms with E-state index in [2.05, 4.69) is 26.3 Å². The van der Waals surface area contributed by atoms with Crippen LogP contribution in [0.3, 0.4) is 0 Å². The summed E-state index contributed by atoms with van der Waals surface area (Å²) in [6.07, 6.45) is 0. The smallest absolute Gasteiger partial charge is 0.152 e. The molecule has 4 nitrogen and oxygen atoms in total. The van der Waals surface area contributed by atoms with Gasteiger partial charge in [0.15, 0.2) is 5.82 Å². The summed E-state index contributed by atoms with van der Waals surface area (Å²) in [5, 5.41) is 7.59. The highest BCUT2D eigenvalue weighted by Crippen LogP contribution is 2.29. The van der Waals surface area contributed by atoms with E-state index in [1.165, 1.54) is 0 Å². The third-order valence-corrected chi connectivity index (χ3v) is 3.65. The number of anilines is 3. The number of hydrogen-bond acceptors (Lipinski definition) is 3. The Kier molecular flexibility index (Phi) is 3.11. The standard InChI is InChI=1S/C12H15BrN4/c1-7-9(13)5-4-6-10(7)15-12-11(14)8(2)16-17(12)3/h4-6,15H,14H2,1-3H3. The Balaban J connectivity index is 2.41. The van der Waals surface area contributed by atoms with Gasteiger partial charge in [-0.15, -0.1) is 0 Å². The highest BCUT2D eigenvalue weighted by molar-refractivity contribution is 9.10. The van der Waals surface area contributed by atoms with Crippen LogP contribution >= 0.6 is 15.9 Å². The van der Waals surface area contributed by atoms with Gasteiger partial charge in [0.1, 0.15) is 0 Å². The third-order valence-electron chi connectivity index (χ3n) is 2.79. The minimum atomic E-state index is 0.687. The van der Waals surface area contributed by atoms with Crippen LogP contribution in [0.2, 0.25) is 0 Å². The Morgan fingerprint density at radius 1 is 1.35 bits per heavy atom. The maximum Gasteiger partial charge on any atom is 0.152 e. The second-order valence-corrected chi connectivity index (χ2v) is 4.86. The van der Waals surface area contributed by atoms with Crippen LogP contribution < -0.4 is 11.1 Å². The van der Waals surface area contributed by atoms with Crippen molar-refractivity contribution in [2.75, 3.05) is 11.1 Å². The molecule has 0 atom stereocenters. The maximum absolute atomic E-state index is 5.98. The third kappa shape index (κ3) is 2.15. The van der Waals surface area contributed by atoms with Crippen molar-refractivity contribution < 1.29 is 0 Å². The van der Waals surface area contributed by atoms with E-state index < -0.39 is 0 Å². The minimum absolute atomic E-state index is 0.687. The quantitative estimate of drug-likeness (QED) is 0.895. The minimum Gasteiger partial charge on any atom is -0.394 e. The summed E-state index contributed by atoms with van der Waals surface area (Å²) in [4.78, 5) is 0. The van der Waals surface area contributed by atoms with Crippen molar-refractivity contribution in [3.8, 4) is 0 Å². The first-order chi connectivity index (χ1) is 8.00. The van der Waals surface area contributed by atoms with Crippen molar-refractivity contribution in [1.29, 1.82) is 0 Å². The molecule has 1 aromatic carbocycles. The molecule has 0 aliphatic heterocycles. The molecule has 3 N–H and O–H groups in total. The fourth-order valence-corrected chi connectivity index (χ4v) is 2.06. The summed E-state index contributed by atoms with van der Waals surface area (Å²) in [6, 6.07) is 6.01. The molecule has 0 unspecified atom stereocenters. The number of nitrogens with zero attached hydrogens (tertiary/aromatic N) is 2. The number of nitrogens with two attached hydrogens (primary N) is 1. The Bertz CT molecular complexity index is 560. The highest BCUT2D eigenvalue weighted by atomic mass is 79.9. The molecule has 0 aliphatic rings. The van der Waals surface area contributed by atoms with E-state index >= 15 is 0 Å². The predicted octanol–water partition coefficient (Wildman–Crippen LogP) is 3.13. The molecular formula is C12H15BrN4. The predicted molar refractivity (Wildman–Crippen MR) is 74.5 cm³/mol. The first-order valence-corrected chi connectivity index (χ1v) is 6.11. The van der Waals surface area contributed by atoms with Gasteiger partial charge in [0.25, 0.3) is 0 Å². The van der Waals surface area contributed by atoms with Crippen LogP contribution in [0.4, 0.5) is 17.2 Å². The van der Waals surface area contributed by atoms with Gasteiger partial charge >= 0.3 is 0 Å². The number of rotatable bonds is 2. The van der Waals surface area contributed by atoms with Gasteiger partial charge in [0, 0.05) is 17.2 Å². The molecule has 90 valence electrons.